The van der Waals surface area contributed by atoms with E-state index in [1.165, 1.54) is 0 Å². The smallest absolute Gasteiger partial charge is 0.149 e. The third-order valence-corrected chi connectivity index (χ3v) is 2.91. The SMILES string of the molecule is CC(=O)C1(C)CC(C)C(C)N1. The van der Waals surface area contributed by atoms with Gasteiger partial charge in [0.15, 0.2) is 0 Å². The van der Waals surface area contributed by atoms with Crippen molar-refractivity contribution in [2.75, 3.05) is 0 Å². The second-order valence-corrected chi connectivity index (χ2v) is 4.00. The average Bonchev–Trinajstić information content (AvgIpc) is 2.09. The predicted octanol–water partition coefficient (Wildman–Crippen LogP) is 1.35. The van der Waals surface area contributed by atoms with Gasteiger partial charge in [-0.05, 0) is 33.1 Å². The first-order chi connectivity index (χ1) is 4.96. The molecule has 0 spiro atoms. The molecular weight excluding hydrogens is 138 g/mol. The highest BCUT2D eigenvalue weighted by atomic mass is 16.1. The molecule has 0 aromatic heterocycles. The number of carbonyl (C=O) groups is 1. The van der Waals surface area contributed by atoms with Gasteiger partial charge in [-0.1, -0.05) is 6.92 Å². The zero-order chi connectivity index (χ0) is 8.65. The molecule has 2 nitrogen and oxygen atoms in total. The van der Waals surface area contributed by atoms with Crippen LogP contribution in [0.5, 0.6) is 0 Å². The van der Waals surface area contributed by atoms with Gasteiger partial charge in [-0.15, -0.1) is 0 Å². The van der Waals surface area contributed by atoms with Gasteiger partial charge in [0.25, 0.3) is 0 Å². The summed E-state index contributed by atoms with van der Waals surface area (Å²) in [5, 5.41) is 3.33. The number of hydrogen-bond donors (Lipinski definition) is 1. The molecule has 0 saturated carbocycles. The maximum atomic E-state index is 11.2. The fourth-order valence-corrected chi connectivity index (χ4v) is 1.77. The number of ketones is 1. The zero-order valence-electron chi connectivity index (χ0n) is 7.77. The number of Topliss-reactive ketones (excluding diaryl/α,β-unsaturated/α-hetero) is 1. The largest absolute Gasteiger partial charge is 0.302 e. The van der Waals surface area contributed by atoms with Crippen LogP contribution in [0, 0.1) is 5.92 Å². The lowest BCUT2D eigenvalue weighted by Crippen LogP contribution is -2.45. The molecule has 1 saturated heterocycles. The summed E-state index contributed by atoms with van der Waals surface area (Å²) in [6.07, 6.45) is 0.976. The first kappa shape index (κ1) is 8.72. The molecule has 0 radical (unpaired) electrons. The second kappa shape index (κ2) is 2.59. The van der Waals surface area contributed by atoms with Gasteiger partial charge >= 0.3 is 0 Å². The maximum absolute atomic E-state index is 11.2. The Balaban J connectivity index is 2.71. The van der Waals surface area contributed by atoms with E-state index in [2.05, 4.69) is 19.2 Å². The fourth-order valence-electron chi connectivity index (χ4n) is 1.77. The highest BCUT2D eigenvalue weighted by Crippen LogP contribution is 2.28. The summed E-state index contributed by atoms with van der Waals surface area (Å²) in [5.74, 6) is 0.873. The van der Waals surface area contributed by atoms with Crippen LogP contribution in [0.4, 0.5) is 0 Å². The van der Waals surface area contributed by atoms with Crippen molar-refractivity contribution in [1.29, 1.82) is 0 Å². The van der Waals surface area contributed by atoms with E-state index in [9.17, 15) is 4.79 Å². The maximum Gasteiger partial charge on any atom is 0.149 e. The van der Waals surface area contributed by atoms with Gasteiger partial charge in [-0.2, -0.15) is 0 Å². The third-order valence-electron chi connectivity index (χ3n) is 2.91. The summed E-state index contributed by atoms with van der Waals surface area (Å²) in [6, 6.07) is 0.476. The van der Waals surface area contributed by atoms with Crippen molar-refractivity contribution in [3.05, 3.63) is 0 Å². The average molecular weight is 155 g/mol. The van der Waals surface area contributed by atoms with Crippen molar-refractivity contribution in [3.63, 3.8) is 0 Å². The lowest BCUT2D eigenvalue weighted by Gasteiger charge is -2.21. The number of carbonyl (C=O) groups excluding carboxylic acids is 1. The molecule has 11 heavy (non-hydrogen) atoms. The Morgan fingerprint density at radius 2 is 2.09 bits per heavy atom. The first-order valence-corrected chi connectivity index (χ1v) is 4.24. The minimum absolute atomic E-state index is 0.251. The highest BCUT2D eigenvalue weighted by Gasteiger charge is 2.40. The van der Waals surface area contributed by atoms with E-state index in [0.29, 0.717) is 12.0 Å². The Morgan fingerprint density at radius 1 is 1.55 bits per heavy atom. The van der Waals surface area contributed by atoms with Crippen molar-refractivity contribution in [2.45, 2.75) is 45.7 Å². The van der Waals surface area contributed by atoms with E-state index in [0.717, 1.165) is 6.42 Å². The van der Waals surface area contributed by atoms with Crippen LogP contribution in [0.3, 0.4) is 0 Å². The molecule has 0 aliphatic carbocycles. The molecule has 0 aromatic carbocycles. The van der Waals surface area contributed by atoms with Crippen LogP contribution < -0.4 is 5.32 Å². The second-order valence-electron chi connectivity index (χ2n) is 4.00. The molecule has 0 bridgehead atoms. The minimum Gasteiger partial charge on any atom is -0.302 e. The van der Waals surface area contributed by atoms with Gasteiger partial charge in [0.1, 0.15) is 5.78 Å². The summed E-state index contributed by atoms with van der Waals surface area (Å²) in [6.45, 7) is 7.98. The van der Waals surface area contributed by atoms with Crippen LogP contribution in [0.2, 0.25) is 0 Å². The number of nitrogens with one attached hydrogen (secondary N) is 1. The summed E-state index contributed by atoms with van der Waals surface area (Å²) in [5.41, 5.74) is -0.251. The summed E-state index contributed by atoms with van der Waals surface area (Å²) < 4.78 is 0. The van der Waals surface area contributed by atoms with E-state index < -0.39 is 0 Å². The van der Waals surface area contributed by atoms with Crippen molar-refractivity contribution < 1.29 is 4.79 Å². The molecule has 3 unspecified atom stereocenters. The Hall–Kier alpha value is -0.370. The molecule has 1 fully saturated rings. The quantitative estimate of drug-likeness (QED) is 0.619. The zero-order valence-corrected chi connectivity index (χ0v) is 7.77. The van der Waals surface area contributed by atoms with Crippen LogP contribution in [-0.2, 0) is 4.79 Å². The first-order valence-electron chi connectivity index (χ1n) is 4.24. The van der Waals surface area contributed by atoms with Crippen molar-refractivity contribution in [3.8, 4) is 0 Å². The molecule has 1 aliphatic rings. The lowest BCUT2D eigenvalue weighted by atomic mass is 9.91. The number of rotatable bonds is 1. The van der Waals surface area contributed by atoms with E-state index >= 15 is 0 Å². The van der Waals surface area contributed by atoms with Gasteiger partial charge in [0.2, 0.25) is 0 Å². The summed E-state index contributed by atoms with van der Waals surface area (Å²) in [4.78, 5) is 11.2. The minimum atomic E-state index is -0.251. The Bertz CT molecular complexity index is 166. The topological polar surface area (TPSA) is 29.1 Å². The Kier molecular flexibility index (Phi) is 2.06. The Labute approximate surface area is 68.4 Å². The molecule has 1 rings (SSSR count). The molecule has 1 heterocycles. The molecule has 1 aliphatic heterocycles. The predicted molar refractivity (Wildman–Crippen MR) is 45.5 cm³/mol. The van der Waals surface area contributed by atoms with Gasteiger partial charge < -0.3 is 5.32 Å². The van der Waals surface area contributed by atoms with Crippen molar-refractivity contribution >= 4 is 5.78 Å². The third kappa shape index (κ3) is 1.45. The van der Waals surface area contributed by atoms with Crippen LogP contribution in [0.15, 0.2) is 0 Å². The molecule has 0 amide bonds. The summed E-state index contributed by atoms with van der Waals surface area (Å²) in [7, 11) is 0. The molecule has 1 N–H and O–H groups in total. The van der Waals surface area contributed by atoms with Crippen LogP contribution in [0.1, 0.15) is 34.1 Å². The van der Waals surface area contributed by atoms with E-state index in [1.54, 1.807) is 6.92 Å². The van der Waals surface area contributed by atoms with Gasteiger partial charge in [0, 0.05) is 6.04 Å². The van der Waals surface area contributed by atoms with Gasteiger partial charge in [0.05, 0.1) is 5.54 Å². The van der Waals surface area contributed by atoms with Crippen LogP contribution in [-0.4, -0.2) is 17.4 Å². The van der Waals surface area contributed by atoms with E-state index in [-0.39, 0.29) is 11.3 Å². The molecule has 0 aromatic rings. The van der Waals surface area contributed by atoms with Crippen LogP contribution in [0.25, 0.3) is 0 Å². The van der Waals surface area contributed by atoms with E-state index in [4.69, 9.17) is 0 Å². The van der Waals surface area contributed by atoms with Crippen LogP contribution >= 0.6 is 0 Å². The van der Waals surface area contributed by atoms with Crippen molar-refractivity contribution in [1.82, 2.24) is 5.32 Å². The Morgan fingerprint density at radius 3 is 2.27 bits per heavy atom. The fraction of sp³-hybridized carbons (Fsp3) is 0.889. The number of hydrogen-bond acceptors (Lipinski definition) is 2. The monoisotopic (exact) mass is 155 g/mol. The lowest BCUT2D eigenvalue weighted by molar-refractivity contribution is -0.122. The molecular formula is C9H17NO. The van der Waals surface area contributed by atoms with E-state index in [1.807, 2.05) is 6.92 Å². The molecule has 2 heteroatoms. The normalized spacial score (nSPS) is 44.4. The molecule has 64 valence electrons. The van der Waals surface area contributed by atoms with Crippen molar-refractivity contribution in [2.24, 2.45) is 5.92 Å². The van der Waals surface area contributed by atoms with Gasteiger partial charge in [-0.25, -0.2) is 0 Å². The standard InChI is InChI=1S/C9H17NO/c1-6-5-9(4,8(3)11)10-7(6)2/h6-7,10H,5H2,1-4H3. The summed E-state index contributed by atoms with van der Waals surface area (Å²) >= 11 is 0. The molecule has 3 atom stereocenters. The highest BCUT2D eigenvalue weighted by molar-refractivity contribution is 5.86. The van der Waals surface area contributed by atoms with Gasteiger partial charge in [-0.3, -0.25) is 4.79 Å².